The second-order valence-electron chi connectivity index (χ2n) is 32.8. The zero-order valence-electron chi connectivity index (χ0n) is 70.6. The first-order valence-corrected chi connectivity index (χ1v) is 48.4. The number of phosphoric acid groups is 2. The molecule has 0 fully saturated rings. The first-order valence-electron chi connectivity index (χ1n) is 45.4. The van der Waals surface area contributed by atoms with Crippen molar-refractivity contribution in [2.45, 2.75) is 484 Å². The van der Waals surface area contributed by atoms with E-state index in [0.717, 1.165) is 108 Å². The monoisotopic (exact) mass is 1560 g/mol. The largest absolute Gasteiger partial charge is 0.472 e. The molecule has 3 unspecified atom stereocenters. The maximum absolute atomic E-state index is 13.2. The van der Waals surface area contributed by atoms with Gasteiger partial charge in [-0.1, -0.05) is 414 Å². The van der Waals surface area contributed by atoms with E-state index in [9.17, 15) is 43.2 Å². The van der Waals surface area contributed by atoms with Crippen molar-refractivity contribution in [2.75, 3.05) is 39.6 Å². The minimum Gasteiger partial charge on any atom is -0.462 e. The maximum atomic E-state index is 13.2. The second-order valence-corrected chi connectivity index (χ2v) is 35.7. The molecule has 17 nitrogen and oxygen atoms in total. The van der Waals surface area contributed by atoms with Gasteiger partial charge in [0.15, 0.2) is 12.2 Å². The number of aliphatic hydroxyl groups is 1. The van der Waals surface area contributed by atoms with Crippen LogP contribution < -0.4 is 0 Å². The maximum Gasteiger partial charge on any atom is 0.472 e. The van der Waals surface area contributed by atoms with Gasteiger partial charge in [-0.05, 0) is 43.4 Å². The highest BCUT2D eigenvalue weighted by atomic mass is 31.2. The van der Waals surface area contributed by atoms with E-state index in [1.54, 1.807) is 0 Å². The van der Waals surface area contributed by atoms with E-state index in [0.29, 0.717) is 25.7 Å². The van der Waals surface area contributed by atoms with Crippen molar-refractivity contribution < 1.29 is 80.2 Å². The van der Waals surface area contributed by atoms with Gasteiger partial charge in [-0.3, -0.25) is 37.3 Å². The van der Waals surface area contributed by atoms with Gasteiger partial charge in [0.05, 0.1) is 26.4 Å². The van der Waals surface area contributed by atoms with Crippen LogP contribution in [-0.4, -0.2) is 96.7 Å². The smallest absolute Gasteiger partial charge is 0.462 e. The topological polar surface area (TPSA) is 237 Å². The van der Waals surface area contributed by atoms with Gasteiger partial charge in [0.25, 0.3) is 0 Å². The van der Waals surface area contributed by atoms with Gasteiger partial charge >= 0.3 is 39.5 Å². The summed E-state index contributed by atoms with van der Waals surface area (Å²) in [6.45, 7) is 12.0. The quantitative estimate of drug-likeness (QED) is 0.0222. The number of aliphatic hydroxyl groups excluding tert-OH is 1. The Hall–Kier alpha value is -1.94. The van der Waals surface area contributed by atoms with Crippen molar-refractivity contribution in [3.63, 3.8) is 0 Å². The second kappa shape index (κ2) is 78.0. The number of unbranched alkanes of at least 4 members (excludes halogenated alkanes) is 53. The number of hydrogen-bond acceptors (Lipinski definition) is 15. The van der Waals surface area contributed by atoms with Crippen LogP contribution in [0.5, 0.6) is 0 Å². The molecule has 0 saturated heterocycles. The number of esters is 4. The number of hydrogen-bond donors (Lipinski definition) is 3. The molecule has 0 radical (unpaired) electrons. The van der Waals surface area contributed by atoms with E-state index in [1.807, 2.05) is 0 Å². The average Bonchev–Trinajstić information content (AvgIpc) is 0.904. The van der Waals surface area contributed by atoms with E-state index < -0.39 is 97.5 Å². The van der Waals surface area contributed by atoms with E-state index in [-0.39, 0.29) is 25.7 Å². The van der Waals surface area contributed by atoms with Gasteiger partial charge in [0.2, 0.25) is 0 Å². The molecule has 0 heterocycles. The molecular formula is C88H172O17P2. The Labute approximate surface area is 658 Å². The highest BCUT2D eigenvalue weighted by molar-refractivity contribution is 7.47. The molecule has 0 bridgehead atoms. The van der Waals surface area contributed by atoms with E-state index in [4.69, 9.17) is 37.0 Å². The molecule has 0 aromatic heterocycles. The SMILES string of the molecule is CCCCCCCCCCCCCCCCCCCCCCCC(=O)OC[C@H](COP(=O)(O)OC[C@@H](O)COP(=O)(O)OC[C@@H](COC(=O)CCCCCCCCCCC(C)CC)OC(=O)CCCCCCCCCCCCC(C)C)OC(=O)CCCCCCCCCCCCCCCCCCCCC(C)C. The fraction of sp³-hybridized carbons (Fsp3) is 0.955. The molecule has 6 atom stereocenters. The third-order valence-electron chi connectivity index (χ3n) is 21.0. The molecule has 19 heteroatoms. The van der Waals surface area contributed by atoms with Gasteiger partial charge in [-0.2, -0.15) is 0 Å². The van der Waals surface area contributed by atoms with Crippen LogP contribution >= 0.6 is 15.6 Å². The normalized spacial score (nSPS) is 14.1. The lowest BCUT2D eigenvalue weighted by atomic mass is 9.99. The van der Waals surface area contributed by atoms with Gasteiger partial charge in [0.1, 0.15) is 19.3 Å². The summed E-state index contributed by atoms with van der Waals surface area (Å²) in [5.74, 6) is 0.246. The van der Waals surface area contributed by atoms with Crippen LogP contribution in [0.3, 0.4) is 0 Å². The zero-order chi connectivity index (χ0) is 78.6. The molecule has 0 aromatic carbocycles. The minimum atomic E-state index is -4.97. The Morgan fingerprint density at radius 3 is 0.710 bits per heavy atom. The van der Waals surface area contributed by atoms with Crippen molar-refractivity contribution in [3.8, 4) is 0 Å². The lowest BCUT2D eigenvalue weighted by Gasteiger charge is -2.21. The van der Waals surface area contributed by atoms with Crippen molar-refractivity contribution in [1.82, 2.24) is 0 Å². The Bertz CT molecular complexity index is 2060. The third kappa shape index (κ3) is 80.5. The van der Waals surface area contributed by atoms with Crippen LogP contribution in [0.1, 0.15) is 466 Å². The van der Waals surface area contributed by atoms with E-state index in [2.05, 4.69) is 48.5 Å². The highest BCUT2D eigenvalue weighted by Crippen LogP contribution is 2.45. The number of ether oxygens (including phenoxy) is 4. The van der Waals surface area contributed by atoms with Crippen LogP contribution in [0.2, 0.25) is 0 Å². The lowest BCUT2D eigenvalue weighted by molar-refractivity contribution is -0.161. The zero-order valence-corrected chi connectivity index (χ0v) is 72.4. The summed E-state index contributed by atoms with van der Waals surface area (Å²) < 4.78 is 68.9. The molecule has 636 valence electrons. The molecule has 0 rings (SSSR count). The summed E-state index contributed by atoms with van der Waals surface area (Å²) in [7, 11) is -9.93. The number of rotatable bonds is 86. The van der Waals surface area contributed by atoms with Crippen LogP contribution in [0.15, 0.2) is 0 Å². The molecule has 0 aliphatic rings. The predicted octanol–water partition coefficient (Wildman–Crippen LogP) is 26.9. The fourth-order valence-electron chi connectivity index (χ4n) is 13.7. The average molecular weight is 1560 g/mol. The van der Waals surface area contributed by atoms with Crippen molar-refractivity contribution >= 4 is 39.5 Å². The third-order valence-corrected chi connectivity index (χ3v) is 22.9. The standard InChI is InChI=1S/C88H172O17P2/c1-8-10-11-12-13-14-15-16-17-18-19-20-21-25-28-31-34-40-48-55-62-69-85(90)98-75-83(104-87(92)71-64-57-50-41-35-32-29-26-23-22-24-27-30-33-38-45-52-59-66-79(3)4)77-102-106(94,95)100-73-82(89)74-101-107(96,97)103-78-84(76-99-86(91)70-63-56-49-44-43-47-54-61-68-81(7)9-2)105-88(93)72-65-58-51-42-37-36-39-46-53-60-67-80(5)6/h79-84,89H,8-78H2,1-7H3,(H,94,95)(H,96,97)/t81?,82-,83-,84-/m1/s1. The van der Waals surface area contributed by atoms with Crippen molar-refractivity contribution in [2.24, 2.45) is 17.8 Å². The summed E-state index contributed by atoms with van der Waals surface area (Å²) in [4.78, 5) is 73.3. The van der Waals surface area contributed by atoms with Crippen molar-refractivity contribution in [1.29, 1.82) is 0 Å². The Kier molecular flexibility index (Phi) is 76.6. The molecular weight excluding hydrogens is 1390 g/mol. The fourth-order valence-corrected chi connectivity index (χ4v) is 15.3. The van der Waals surface area contributed by atoms with E-state index in [1.165, 1.54) is 276 Å². The van der Waals surface area contributed by atoms with Gasteiger partial charge in [0, 0.05) is 25.7 Å². The summed E-state index contributed by atoms with van der Waals surface area (Å²) in [6, 6.07) is 0. The van der Waals surface area contributed by atoms with Gasteiger partial charge < -0.3 is 33.8 Å². The Morgan fingerprint density at radius 2 is 0.477 bits per heavy atom. The van der Waals surface area contributed by atoms with Crippen LogP contribution in [-0.2, 0) is 65.4 Å². The highest BCUT2D eigenvalue weighted by Gasteiger charge is 2.31. The first-order chi connectivity index (χ1) is 51.8. The molecule has 107 heavy (non-hydrogen) atoms. The summed E-state index contributed by atoms with van der Waals surface area (Å²) in [5, 5.41) is 10.7. The Balaban J connectivity index is 5.23. The molecule has 0 aliphatic carbocycles. The van der Waals surface area contributed by atoms with Crippen molar-refractivity contribution in [3.05, 3.63) is 0 Å². The molecule has 0 aliphatic heterocycles. The molecule has 0 amide bonds. The summed E-state index contributed by atoms with van der Waals surface area (Å²) in [5.41, 5.74) is 0. The van der Waals surface area contributed by atoms with Crippen LogP contribution in [0.25, 0.3) is 0 Å². The minimum absolute atomic E-state index is 0.106. The first kappa shape index (κ1) is 105. The molecule has 0 aromatic rings. The number of carbonyl (C=O) groups is 4. The molecule has 3 N–H and O–H groups in total. The number of carbonyl (C=O) groups excluding carboxylic acids is 4. The van der Waals surface area contributed by atoms with Crippen LogP contribution in [0.4, 0.5) is 0 Å². The summed E-state index contributed by atoms with van der Waals surface area (Å²) in [6.07, 6.45) is 69.5. The van der Waals surface area contributed by atoms with Crippen LogP contribution in [0, 0.1) is 17.8 Å². The molecule has 0 spiro atoms. The van der Waals surface area contributed by atoms with Gasteiger partial charge in [-0.25, -0.2) is 9.13 Å². The predicted molar refractivity (Wildman–Crippen MR) is 441 cm³/mol. The van der Waals surface area contributed by atoms with Gasteiger partial charge in [-0.15, -0.1) is 0 Å². The number of phosphoric ester groups is 2. The lowest BCUT2D eigenvalue weighted by Crippen LogP contribution is -2.30. The molecule has 0 saturated carbocycles. The summed E-state index contributed by atoms with van der Waals surface area (Å²) >= 11 is 0. The Morgan fingerprint density at radius 1 is 0.271 bits per heavy atom. The van der Waals surface area contributed by atoms with E-state index >= 15 is 0 Å².